The van der Waals surface area contributed by atoms with Crippen LogP contribution in [0.25, 0.3) is 0 Å². The van der Waals surface area contributed by atoms with Crippen LogP contribution >= 0.6 is 0 Å². The van der Waals surface area contributed by atoms with Crippen molar-refractivity contribution in [2.75, 3.05) is 26.8 Å². The van der Waals surface area contributed by atoms with Crippen LogP contribution in [0.3, 0.4) is 0 Å². The molecule has 18 heavy (non-hydrogen) atoms. The molecule has 1 saturated carbocycles. The van der Waals surface area contributed by atoms with Gasteiger partial charge < -0.3 is 10.1 Å². The van der Waals surface area contributed by atoms with E-state index in [4.69, 9.17) is 4.74 Å². The highest BCUT2D eigenvalue weighted by Crippen LogP contribution is 2.19. The summed E-state index contributed by atoms with van der Waals surface area (Å²) in [7, 11) is -1.66. The highest BCUT2D eigenvalue weighted by molar-refractivity contribution is 7.89. The molecule has 1 aliphatic rings. The Morgan fingerprint density at radius 2 is 2.00 bits per heavy atom. The van der Waals surface area contributed by atoms with Crippen molar-refractivity contribution in [1.29, 1.82) is 0 Å². The van der Waals surface area contributed by atoms with Gasteiger partial charge in [-0.05, 0) is 26.7 Å². The van der Waals surface area contributed by atoms with E-state index >= 15 is 0 Å². The lowest BCUT2D eigenvalue weighted by atomic mass is 10.4. The lowest BCUT2D eigenvalue weighted by Gasteiger charge is -2.29. The van der Waals surface area contributed by atoms with E-state index in [-0.39, 0.29) is 6.04 Å². The molecule has 1 fully saturated rings. The molecule has 0 bridgehead atoms. The maximum atomic E-state index is 12.4. The van der Waals surface area contributed by atoms with Crippen LogP contribution in [0.4, 0.5) is 0 Å². The summed E-state index contributed by atoms with van der Waals surface area (Å²) in [6, 6.07) is 0.419. The van der Waals surface area contributed by atoms with Crippen LogP contribution in [0.2, 0.25) is 0 Å². The van der Waals surface area contributed by atoms with Crippen LogP contribution in [0.5, 0.6) is 0 Å². The molecule has 2 atom stereocenters. The van der Waals surface area contributed by atoms with Gasteiger partial charge in [-0.1, -0.05) is 6.92 Å². The van der Waals surface area contributed by atoms with Crippen LogP contribution in [0.15, 0.2) is 0 Å². The Kier molecular flexibility index (Phi) is 6.04. The molecule has 0 aliphatic heterocycles. The second-order valence-corrected chi connectivity index (χ2v) is 7.35. The molecular formula is C12H26N2O3S. The Labute approximate surface area is 111 Å². The Morgan fingerprint density at radius 3 is 2.44 bits per heavy atom. The summed E-state index contributed by atoms with van der Waals surface area (Å²) in [5.74, 6) is 0. The number of nitrogens with zero attached hydrogens (tertiary/aromatic N) is 1. The molecule has 1 rings (SSSR count). The predicted octanol–water partition coefficient (Wildman–Crippen LogP) is 0.814. The van der Waals surface area contributed by atoms with E-state index in [2.05, 4.69) is 5.32 Å². The second-order valence-electron chi connectivity index (χ2n) is 5.05. The van der Waals surface area contributed by atoms with Gasteiger partial charge in [-0.3, -0.25) is 0 Å². The number of nitrogens with one attached hydrogen (secondary N) is 1. The lowest BCUT2D eigenvalue weighted by Crippen LogP contribution is -2.47. The third-order valence-electron chi connectivity index (χ3n) is 3.32. The van der Waals surface area contributed by atoms with Crippen LogP contribution < -0.4 is 5.32 Å². The SMILES string of the molecule is CCN(C(C)COC)S(=O)(=O)C(C)CNC1CC1. The standard InChI is InChI=1S/C12H26N2O3S/c1-5-14(10(2)9-17-4)18(15,16)11(3)8-13-12-6-7-12/h10-13H,5-9H2,1-4H3. The lowest BCUT2D eigenvalue weighted by molar-refractivity contribution is 0.142. The molecule has 0 aromatic rings. The average molecular weight is 278 g/mol. The van der Waals surface area contributed by atoms with E-state index in [0.717, 1.165) is 0 Å². The summed E-state index contributed by atoms with van der Waals surface area (Å²) in [5.41, 5.74) is 0. The van der Waals surface area contributed by atoms with Gasteiger partial charge in [-0.2, -0.15) is 4.31 Å². The monoisotopic (exact) mass is 278 g/mol. The maximum Gasteiger partial charge on any atom is 0.218 e. The van der Waals surface area contributed by atoms with Gasteiger partial charge >= 0.3 is 0 Å². The third-order valence-corrected chi connectivity index (χ3v) is 5.77. The van der Waals surface area contributed by atoms with E-state index in [1.54, 1.807) is 14.0 Å². The Bertz CT molecular complexity index is 341. The molecule has 0 saturated heterocycles. The minimum absolute atomic E-state index is 0.117. The molecule has 2 unspecified atom stereocenters. The third kappa shape index (κ3) is 4.19. The first-order valence-electron chi connectivity index (χ1n) is 6.66. The molecule has 1 aliphatic carbocycles. The van der Waals surface area contributed by atoms with Gasteiger partial charge in [0.15, 0.2) is 0 Å². The van der Waals surface area contributed by atoms with E-state index in [0.29, 0.717) is 25.7 Å². The van der Waals surface area contributed by atoms with Crippen molar-refractivity contribution < 1.29 is 13.2 Å². The summed E-state index contributed by atoms with van der Waals surface area (Å²) in [5, 5.41) is 2.88. The van der Waals surface area contributed by atoms with Crippen molar-refractivity contribution >= 4 is 10.0 Å². The zero-order valence-corrected chi connectivity index (χ0v) is 12.7. The number of likely N-dealkylation sites (N-methyl/N-ethyl adjacent to an activating group) is 1. The van der Waals surface area contributed by atoms with E-state index in [1.807, 2.05) is 13.8 Å². The largest absolute Gasteiger partial charge is 0.383 e. The summed E-state index contributed by atoms with van der Waals surface area (Å²) in [6.45, 7) is 6.96. The maximum absolute atomic E-state index is 12.4. The first kappa shape index (κ1) is 15.9. The number of rotatable bonds is 9. The number of methoxy groups -OCH3 is 1. The molecule has 0 amide bonds. The molecule has 108 valence electrons. The van der Waals surface area contributed by atoms with Gasteiger partial charge in [-0.15, -0.1) is 0 Å². The van der Waals surface area contributed by atoms with Crippen LogP contribution in [0.1, 0.15) is 33.6 Å². The summed E-state index contributed by atoms with van der Waals surface area (Å²) in [6.07, 6.45) is 2.34. The molecule has 0 aromatic heterocycles. The van der Waals surface area contributed by atoms with E-state index in [9.17, 15) is 8.42 Å². The fourth-order valence-corrected chi connectivity index (χ4v) is 3.71. The van der Waals surface area contributed by atoms with Gasteiger partial charge in [0.1, 0.15) is 0 Å². The smallest absolute Gasteiger partial charge is 0.218 e. The number of sulfonamides is 1. The number of hydrogen-bond donors (Lipinski definition) is 1. The molecule has 5 nitrogen and oxygen atoms in total. The van der Waals surface area contributed by atoms with Crippen molar-refractivity contribution in [2.45, 2.75) is 50.9 Å². The van der Waals surface area contributed by atoms with Crippen molar-refractivity contribution in [3.05, 3.63) is 0 Å². The highest BCUT2D eigenvalue weighted by atomic mass is 32.2. The van der Waals surface area contributed by atoms with Gasteiger partial charge in [0, 0.05) is 32.3 Å². The first-order valence-corrected chi connectivity index (χ1v) is 8.16. The first-order chi connectivity index (χ1) is 8.43. The van der Waals surface area contributed by atoms with Crippen molar-refractivity contribution in [3.8, 4) is 0 Å². The average Bonchev–Trinajstić information content (AvgIpc) is 3.10. The van der Waals surface area contributed by atoms with Crippen molar-refractivity contribution in [2.24, 2.45) is 0 Å². The van der Waals surface area contributed by atoms with Crippen LogP contribution in [0, 0.1) is 0 Å². The van der Waals surface area contributed by atoms with Crippen molar-refractivity contribution in [1.82, 2.24) is 9.62 Å². The zero-order chi connectivity index (χ0) is 13.8. The molecule has 0 spiro atoms. The van der Waals surface area contributed by atoms with Crippen molar-refractivity contribution in [3.63, 3.8) is 0 Å². The quantitative estimate of drug-likeness (QED) is 0.678. The molecule has 1 N–H and O–H groups in total. The molecule has 0 radical (unpaired) electrons. The normalized spacial score (nSPS) is 20.1. The number of ether oxygens (including phenoxy) is 1. The minimum Gasteiger partial charge on any atom is -0.383 e. The molecular weight excluding hydrogens is 252 g/mol. The molecule has 6 heteroatoms. The molecule has 0 aromatic carbocycles. The van der Waals surface area contributed by atoms with Gasteiger partial charge in [0.05, 0.1) is 11.9 Å². The highest BCUT2D eigenvalue weighted by Gasteiger charge is 2.32. The predicted molar refractivity (Wildman–Crippen MR) is 73.1 cm³/mol. The fraction of sp³-hybridized carbons (Fsp3) is 1.00. The molecule has 0 heterocycles. The summed E-state index contributed by atoms with van der Waals surface area (Å²) in [4.78, 5) is 0. The van der Waals surface area contributed by atoms with Gasteiger partial charge in [-0.25, -0.2) is 8.42 Å². The van der Waals surface area contributed by atoms with Gasteiger partial charge in [0.25, 0.3) is 0 Å². The topological polar surface area (TPSA) is 58.6 Å². The minimum atomic E-state index is -3.25. The van der Waals surface area contributed by atoms with E-state index in [1.165, 1.54) is 17.1 Å². The van der Waals surface area contributed by atoms with E-state index < -0.39 is 15.3 Å². The Hall–Kier alpha value is -0.170. The van der Waals surface area contributed by atoms with Crippen LogP contribution in [-0.2, 0) is 14.8 Å². The summed E-state index contributed by atoms with van der Waals surface area (Å²) >= 11 is 0. The Balaban J connectivity index is 2.61. The second kappa shape index (κ2) is 6.84. The van der Waals surface area contributed by atoms with Crippen LogP contribution in [-0.4, -0.2) is 56.9 Å². The number of hydrogen-bond acceptors (Lipinski definition) is 4. The fourth-order valence-electron chi connectivity index (χ4n) is 2.02. The van der Waals surface area contributed by atoms with Gasteiger partial charge in [0.2, 0.25) is 10.0 Å². The Morgan fingerprint density at radius 1 is 1.39 bits per heavy atom. The zero-order valence-electron chi connectivity index (χ0n) is 11.8. The summed E-state index contributed by atoms with van der Waals surface area (Å²) < 4.78 is 31.5.